The van der Waals surface area contributed by atoms with E-state index < -0.39 is 0 Å². The van der Waals surface area contributed by atoms with Crippen LogP contribution in [0.3, 0.4) is 0 Å². The Morgan fingerprint density at radius 2 is 2.20 bits per heavy atom. The first-order chi connectivity index (χ1) is 9.66. The van der Waals surface area contributed by atoms with E-state index in [4.69, 9.17) is 0 Å². The van der Waals surface area contributed by atoms with Crippen molar-refractivity contribution >= 4 is 22.8 Å². The predicted octanol–water partition coefficient (Wildman–Crippen LogP) is 4.26. The van der Waals surface area contributed by atoms with Crippen molar-refractivity contribution in [3.05, 3.63) is 52.0 Å². The van der Waals surface area contributed by atoms with E-state index in [2.05, 4.69) is 5.38 Å². The zero-order valence-electron chi connectivity index (χ0n) is 11.3. The zero-order chi connectivity index (χ0) is 14.1. The Labute approximate surface area is 121 Å². The highest BCUT2D eigenvalue weighted by Gasteiger charge is 2.32. The molecule has 0 atom stereocenters. The summed E-state index contributed by atoms with van der Waals surface area (Å²) in [6.45, 7) is 2.16. The van der Waals surface area contributed by atoms with Crippen molar-refractivity contribution in [3.63, 3.8) is 0 Å². The molecule has 1 fully saturated rings. The molecule has 0 spiro atoms. The molecule has 1 aromatic carbocycles. The fourth-order valence-corrected chi connectivity index (χ4v) is 3.11. The number of benzene rings is 1. The van der Waals surface area contributed by atoms with Gasteiger partial charge in [-0.25, -0.2) is 4.39 Å². The van der Waals surface area contributed by atoms with E-state index in [1.807, 2.05) is 16.3 Å². The van der Waals surface area contributed by atoms with Crippen LogP contribution in [0.25, 0.3) is 0 Å². The van der Waals surface area contributed by atoms with Crippen molar-refractivity contribution in [2.45, 2.75) is 32.4 Å². The minimum Gasteiger partial charge on any atom is -0.361 e. The van der Waals surface area contributed by atoms with Crippen molar-refractivity contribution in [2.75, 3.05) is 4.90 Å². The summed E-state index contributed by atoms with van der Waals surface area (Å²) in [5.74, 6) is -0.393. The van der Waals surface area contributed by atoms with Gasteiger partial charge < -0.3 is 4.90 Å². The van der Waals surface area contributed by atoms with Crippen molar-refractivity contribution in [2.24, 2.45) is 0 Å². The molecule has 0 saturated heterocycles. The van der Waals surface area contributed by atoms with Gasteiger partial charge in [-0.1, -0.05) is 6.07 Å². The monoisotopic (exact) mass is 289 g/mol. The third kappa shape index (κ3) is 2.61. The number of carbonyl (C=O) groups excluding carboxylic acids is 1. The van der Waals surface area contributed by atoms with Crippen LogP contribution >= 0.6 is 11.3 Å². The first-order valence-corrected chi connectivity index (χ1v) is 7.68. The highest BCUT2D eigenvalue weighted by molar-refractivity contribution is 7.07. The Bertz CT molecular complexity index is 619. The molecule has 0 N–H and O–H groups in total. The van der Waals surface area contributed by atoms with E-state index in [-0.39, 0.29) is 11.6 Å². The lowest BCUT2D eigenvalue weighted by Gasteiger charge is -2.26. The van der Waals surface area contributed by atoms with E-state index in [1.54, 1.807) is 23.5 Å². The van der Waals surface area contributed by atoms with Gasteiger partial charge in [0.05, 0.1) is 5.69 Å². The fraction of sp³-hybridized carbons (Fsp3) is 0.312. The summed E-state index contributed by atoms with van der Waals surface area (Å²) in [6, 6.07) is 7.15. The number of halogens is 1. The first kappa shape index (κ1) is 13.3. The maximum absolute atomic E-state index is 14.3. The van der Waals surface area contributed by atoms with Crippen molar-refractivity contribution in [1.82, 2.24) is 0 Å². The number of ketones is 1. The molecule has 1 aromatic heterocycles. The number of nitrogens with zero attached hydrogens (tertiary/aromatic N) is 1. The second-order valence-corrected chi connectivity index (χ2v) is 5.96. The summed E-state index contributed by atoms with van der Waals surface area (Å²) < 4.78 is 14.3. The minimum atomic E-state index is -0.306. The second kappa shape index (κ2) is 5.37. The molecular weight excluding hydrogens is 273 g/mol. The number of Topliss-reactive ketones (excluding diaryl/α,β-unsaturated/α-hetero) is 1. The topological polar surface area (TPSA) is 20.3 Å². The molecule has 1 heterocycles. The number of rotatable bonds is 5. The summed E-state index contributed by atoms with van der Waals surface area (Å²) >= 11 is 1.64. The summed E-state index contributed by atoms with van der Waals surface area (Å²) in [5.41, 5.74) is 2.11. The molecule has 4 heteroatoms. The fourth-order valence-electron chi connectivity index (χ4n) is 2.45. The van der Waals surface area contributed by atoms with Crippen molar-refractivity contribution in [1.29, 1.82) is 0 Å². The van der Waals surface area contributed by atoms with E-state index >= 15 is 0 Å². The molecule has 1 aliphatic rings. The van der Waals surface area contributed by atoms with Gasteiger partial charge in [0.2, 0.25) is 0 Å². The van der Waals surface area contributed by atoms with Crippen LogP contribution in [0, 0.1) is 5.82 Å². The van der Waals surface area contributed by atoms with Crippen LogP contribution < -0.4 is 4.90 Å². The number of para-hydroxylation sites is 1. The Morgan fingerprint density at radius 3 is 2.80 bits per heavy atom. The standard InChI is InChI=1S/C16H16FNOS/c1-11(19)14-3-2-4-15(17)16(14)18(13-5-6-13)9-12-7-8-20-10-12/h2-4,7-8,10,13H,5-6,9H2,1H3. The Balaban J connectivity index is 2.01. The van der Waals surface area contributed by atoms with Crippen LogP contribution in [0.4, 0.5) is 10.1 Å². The van der Waals surface area contributed by atoms with E-state index in [1.165, 1.54) is 18.6 Å². The molecular formula is C16H16FNOS. The Kier molecular flexibility index (Phi) is 3.57. The molecule has 2 nitrogen and oxygen atoms in total. The number of anilines is 1. The van der Waals surface area contributed by atoms with Gasteiger partial charge in [0.15, 0.2) is 5.78 Å². The van der Waals surface area contributed by atoms with E-state index in [9.17, 15) is 9.18 Å². The summed E-state index contributed by atoms with van der Waals surface area (Å²) in [5, 5.41) is 4.09. The smallest absolute Gasteiger partial charge is 0.161 e. The van der Waals surface area contributed by atoms with Crippen LogP contribution in [0.1, 0.15) is 35.7 Å². The van der Waals surface area contributed by atoms with Gasteiger partial charge in [0.25, 0.3) is 0 Å². The van der Waals surface area contributed by atoms with E-state index in [0.29, 0.717) is 23.8 Å². The van der Waals surface area contributed by atoms with E-state index in [0.717, 1.165) is 12.8 Å². The molecule has 104 valence electrons. The van der Waals surface area contributed by atoms with Crippen LogP contribution in [-0.4, -0.2) is 11.8 Å². The quantitative estimate of drug-likeness (QED) is 0.767. The average Bonchev–Trinajstić information content (AvgIpc) is 3.13. The maximum atomic E-state index is 14.3. The van der Waals surface area contributed by atoms with Gasteiger partial charge in [0.1, 0.15) is 5.82 Å². The van der Waals surface area contributed by atoms with Crippen LogP contribution in [0.5, 0.6) is 0 Å². The number of hydrogen-bond donors (Lipinski definition) is 0. The number of carbonyl (C=O) groups is 1. The minimum absolute atomic E-state index is 0.0875. The molecule has 0 unspecified atom stereocenters. The van der Waals surface area contributed by atoms with Gasteiger partial charge in [-0.05, 0) is 54.3 Å². The lowest BCUT2D eigenvalue weighted by atomic mass is 10.1. The lowest BCUT2D eigenvalue weighted by Crippen LogP contribution is -2.27. The van der Waals surface area contributed by atoms with Crippen LogP contribution in [-0.2, 0) is 6.54 Å². The van der Waals surface area contributed by atoms with Gasteiger partial charge in [-0.3, -0.25) is 4.79 Å². The summed E-state index contributed by atoms with van der Waals surface area (Å²) in [7, 11) is 0. The van der Waals surface area contributed by atoms with Gasteiger partial charge in [-0.2, -0.15) is 11.3 Å². The average molecular weight is 289 g/mol. The predicted molar refractivity (Wildman–Crippen MR) is 79.9 cm³/mol. The van der Waals surface area contributed by atoms with Gasteiger partial charge >= 0.3 is 0 Å². The molecule has 0 radical (unpaired) electrons. The highest BCUT2D eigenvalue weighted by Crippen LogP contribution is 2.37. The highest BCUT2D eigenvalue weighted by atomic mass is 32.1. The summed E-state index contributed by atoms with van der Waals surface area (Å²) in [6.07, 6.45) is 2.13. The molecule has 3 rings (SSSR count). The number of hydrogen-bond acceptors (Lipinski definition) is 3. The third-order valence-corrected chi connectivity index (χ3v) is 4.31. The second-order valence-electron chi connectivity index (χ2n) is 5.18. The molecule has 2 aromatic rings. The number of thiophene rings is 1. The third-order valence-electron chi connectivity index (χ3n) is 3.57. The Morgan fingerprint density at radius 1 is 1.40 bits per heavy atom. The lowest BCUT2D eigenvalue weighted by molar-refractivity contribution is 0.101. The maximum Gasteiger partial charge on any atom is 0.161 e. The van der Waals surface area contributed by atoms with Crippen LogP contribution in [0.2, 0.25) is 0 Å². The molecule has 0 aliphatic heterocycles. The van der Waals surface area contributed by atoms with Gasteiger partial charge in [-0.15, -0.1) is 0 Å². The van der Waals surface area contributed by atoms with Crippen molar-refractivity contribution < 1.29 is 9.18 Å². The Hall–Kier alpha value is -1.68. The molecule has 0 bridgehead atoms. The van der Waals surface area contributed by atoms with Crippen LogP contribution in [0.15, 0.2) is 35.0 Å². The largest absolute Gasteiger partial charge is 0.361 e. The molecule has 20 heavy (non-hydrogen) atoms. The van der Waals surface area contributed by atoms with Crippen molar-refractivity contribution in [3.8, 4) is 0 Å². The molecule has 0 amide bonds. The first-order valence-electron chi connectivity index (χ1n) is 6.74. The summed E-state index contributed by atoms with van der Waals surface area (Å²) in [4.78, 5) is 13.8. The zero-order valence-corrected chi connectivity index (χ0v) is 12.1. The molecule has 1 aliphatic carbocycles. The molecule has 1 saturated carbocycles. The van der Waals surface area contributed by atoms with Gasteiger partial charge in [0, 0.05) is 18.2 Å². The SMILES string of the molecule is CC(=O)c1cccc(F)c1N(Cc1ccsc1)C1CC1. The normalized spacial score (nSPS) is 14.3.